The van der Waals surface area contributed by atoms with E-state index < -0.39 is 0 Å². The van der Waals surface area contributed by atoms with Crippen molar-refractivity contribution in [1.82, 2.24) is 4.98 Å². The highest BCUT2D eigenvalue weighted by atomic mass is 35.5. The SMILES string of the molecule is Nc1cc(Cl)c2cccnc2c1. The smallest absolute Gasteiger partial charge is 0.0737 e. The fourth-order valence-corrected chi connectivity index (χ4v) is 1.44. The van der Waals surface area contributed by atoms with Gasteiger partial charge in [0.2, 0.25) is 0 Å². The molecule has 0 radical (unpaired) electrons. The van der Waals surface area contributed by atoms with E-state index in [1.807, 2.05) is 12.1 Å². The lowest BCUT2D eigenvalue weighted by atomic mass is 10.2. The second-order valence-electron chi connectivity index (χ2n) is 2.57. The fourth-order valence-electron chi connectivity index (χ4n) is 1.16. The van der Waals surface area contributed by atoms with Crippen LogP contribution in [0.25, 0.3) is 10.9 Å². The molecule has 0 spiro atoms. The van der Waals surface area contributed by atoms with E-state index in [1.165, 1.54) is 0 Å². The number of benzene rings is 1. The van der Waals surface area contributed by atoms with Crippen LogP contribution in [0.3, 0.4) is 0 Å². The van der Waals surface area contributed by atoms with Crippen LogP contribution in [0.1, 0.15) is 0 Å². The Morgan fingerprint density at radius 2 is 2.17 bits per heavy atom. The van der Waals surface area contributed by atoms with Crippen LogP contribution in [0.5, 0.6) is 0 Å². The first-order chi connectivity index (χ1) is 5.77. The van der Waals surface area contributed by atoms with Gasteiger partial charge in [-0.2, -0.15) is 0 Å². The molecule has 0 atom stereocenters. The van der Waals surface area contributed by atoms with Gasteiger partial charge in [0.15, 0.2) is 0 Å². The minimum atomic E-state index is 0.645. The molecular formula is C9H7ClN2. The van der Waals surface area contributed by atoms with Gasteiger partial charge in [0.25, 0.3) is 0 Å². The lowest BCUT2D eigenvalue weighted by Crippen LogP contribution is -1.86. The quantitative estimate of drug-likeness (QED) is 0.630. The number of pyridine rings is 1. The Bertz CT molecular complexity index is 426. The van der Waals surface area contributed by atoms with Gasteiger partial charge in [0, 0.05) is 17.3 Å². The van der Waals surface area contributed by atoms with Crippen molar-refractivity contribution >= 4 is 28.2 Å². The van der Waals surface area contributed by atoms with Crippen LogP contribution in [0.15, 0.2) is 30.5 Å². The van der Waals surface area contributed by atoms with E-state index in [1.54, 1.807) is 18.3 Å². The predicted octanol–water partition coefficient (Wildman–Crippen LogP) is 2.47. The zero-order valence-electron chi connectivity index (χ0n) is 6.29. The summed E-state index contributed by atoms with van der Waals surface area (Å²) in [5, 5.41) is 1.59. The molecule has 0 bridgehead atoms. The van der Waals surface area contributed by atoms with E-state index in [4.69, 9.17) is 17.3 Å². The molecule has 1 aromatic carbocycles. The van der Waals surface area contributed by atoms with E-state index in [-0.39, 0.29) is 0 Å². The van der Waals surface area contributed by atoms with Gasteiger partial charge in [-0.3, -0.25) is 4.98 Å². The molecule has 0 amide bonds. The number of anilines is 1. The number of nitrogens with zero attached hydrogens (tertiary/aromatic N) is 1. The summed E-state index contributed by atoms with van der Waals surface area (Å²) in [4.78, 5) is 4.14. The maximum atomic E-state index is 5.94. The van der Waals surface area contributed by atoms with Crippen molar-refractivity contribution in [3.8, 4) is 0 Å². The Labute approximate surface area is 75.0 Å². The van der Waals surface area contributed by atoms with E-state index >= 15 is 0 Å². The average Bonchev–Trinajstić information content (AvgIpc) is 2.04. The number of fused-ring (bicyclic) bond motifs is 1. The number of nitrogen functional groups attached to an aromatic ring is 1. The third-order valence-corrected chi connectivity index (χ3v) is 2.01. The summed E-state index contributed by atoms with van der Waals surface area (Å²) in [6.45, 7) is 0. The molecule has 2 N–H and O–H groups in total. The molecule has 60 valence electrons. The van der Waals surface area contributed by atoms with Gasteiger partial charge in [-0.25, -0.2) is 0 Å². The molecule has 3 heteroatoms. The summed E-state index contributed by atoms with van der Waals surface area (Å²) in [6, 6.07) is 7.31. The number of nitrogens with two attached hydrogens (primary N) is 1. The van der Waals surface area contributed by atoms with Gasteiger partial charge in [-0.1, -0.05) is 11.6 Å². The molecule has 0 fully saturated rings. The Kier molecular flexibility index (Phi) is 1.62. The topological polar surface area (TPSA) is 38.9 Å². The van der Waals surface area contributed by atoms with Crippen LogP contribution in [0, 0.1) is 0 Å². The highest BCUT2D eigenvalue weighted by Gasteiger charge is 1.99. The molecule has 0 aliphatic heterocycles. The second-order valence-corrected chi connectivity index (χ2v) is 2.98. The molecule has 1 aromatic heterocycles. The number of hydrogen-bond acceptors (Lipinski definition) is 2. The number of halogens is 1. The van der Waals surface area contributed by atoms with Gasteiger partial charge in [-0.15, -0.1) is 0 Å². The highest BCUT2D eigenvalue weighted by molar-refractivity contribution is 6.35. The molecule has 0 aliphatic rings. The molecule has 0 aliphatic carbocycles. The van der Waals surface area contributed by atoms with Gasteiger partial charge in [-0.05, 0) is 24.3 Å². The van der Waals surface area contributed by atoms with Crippen molar-refractivity contribution in [3.05, 3.63) is 35.5 Å². The first-order valence-corrected chi connectivity index (χ1v) is 3.95. The Morgan fingerprint density at radius 3 is 3.00 bits per heavy atom. The van der Waals surface area contributed by atoms with E-state index in [0.29, 0.717) is 10.7 Å². The largest absolute Gasteiger partial charge is 0.399 e. The summed E-state index contributed by atoms with van der Waals surface area (Å²) in [5.74, 6) is 0. The van der Waals surface area contributed by atoms with Crippen LogP contribution in [0.4, 0.5) is 5.69 Å². The molecule has 0 saturated heterocycles. The van der Waals surface area contributed by atoms with Crippen LogP contribution in [-0.2, 0) is 0 Å². The lowest BCUT2D eigenvalue weighted by Gasteiger charge is -2.00. The van der Waals surface area contributed by atoms with Crippen molar-refractivity contribution in [2.45, 2.75) is 0 Å². The van der Waals surface area contributed by atoms with Crippen LogP contribution in [0.2, 0.25) is 5.02 Å². The maximum absolute atomic E-state index is 5.94. The van der Waals surface area contributed by atoms with Crippen LogP contribution in [-0.4, -0.2) is 4.98 Å². The lowest BCUT2D eigenvalue weighted by molar-refractivity contribution is 1.41. The van der Waals surface area contributed by atoms with Gasteiger partial charge in [0.1, 0.15) is 0 Å². The molecule has 2 nitrogen and oxygen atoms in total. The minimum Gasteiger partial charge on any atom is -0.399 e. The Morgan fingerprint density at radius 1 is 1.33 bits per heavy atom. The second kappa shape index (κ2) is 2.64. The van der Waals surface area contributed by atoms with E-state index in [0.717, 1.165) is 10.9 Å². The van der Waals surface area contributed by atoms with E-state index in [9.17, 15) is 0 Å². The third-order valence-electron chi connectivity index (χ3n) is 1.69. The standard InChI is InChI=1S/C9H7ClN2/c10-8-4-6(11)5-9-7(8)2-1-3-12-9/h1-5H,11H2. The molecule has 1 heterocycles. The van der Waals surface area contributed by atoms with Crippen LogP contribution >= 0.6 is 11.6 Å². The average molecular weight is 179 g/mol. The molecule has 0 unspecified atom stereocenters. The molecular weight excluding hydrogens is 172 g/mol. The first-order valence-electron chi connectivity index (χ1n) is 3.57. The first kappa shape index (κ1) is 7.37. The zero-order chi connectivity index (χ0) is 8.55. The summed E-state index contributed by atoms with van der Waals surface area (Å²) in [6.07, 6.45) is 1.72. The highest BCUT2D eigenvalue weighted by Crippen LogP contribution is 2.24. The predicted molar refractivity (Wildman–Crippen MR) is 51.2 cm³/mol. The Hall–Kier alpha value is -1.28. The zero-order valence-corrected chi connectivity index (χ0v) is 7.05. The molecule has 2 rings (SSSR count). The van der Waals surface area contributed by atoms with Crippen molar-refractivity contribution in [3.63, 3.8) is 0 Å². The minimum absolute atomic E-state index is 0.645. The summed E-state index contributed by atoms with van der Waals surface area (Å²) in [5.41, 5.74) is 7.08. The summed E-state index contributed by atoms with van der Waals surface area (Å²) in [7, 11) is 0. The number of hydrogen-bond donors (Lipinski definition) is 1. The fraction of sp³-hybridized carbons (Fsp3) is 0. The number of aromatic nitrogens is 1. The van der Waals surface area contributed by atoms with Crippen LogP contribution < -0.4 is 5.73 Å². The van der Waals surface area contributed by atoms with Crippen molar-refractivity contribution in [1.29, 1.82) is 0 Å². The normalized spacial score (nSPS) is 10.4. The van der Waals surface area contributed by atoms with Crippen molar-refractivity contribution in [2.24, 2.45) is 0 Å². The number of rotatable bonds is 0. The van der Waals surface area contributed by atoms with Crippen molar-refractivity contribution in [2.75, 3.05) is 5.73 Å². The molecule has 2 aromatic rings. The monoisotopic (exact) mass is 178 g/mol. The summed E-state index contributed by atoms with van der Waals surface area (Å²) >= 11 is 5.94. The Balaban J connectivity index is 2.89. The van der Waals surface area contributed by atoms with E-state index in [2.05, 4.69) is 4.98 Å². The summed E-state index contributed by atoms with van der Waals surface area (Å²) < 4.78 is 0. The van der Waals surface area contributed by atoms with Gasteiger partial charge in [0.05, 0.1) is 10.5 Å². The van der Waals surface area contributed by atoms with Crippen molar-refractivity contribution < 1.29 is 0 Å². The third kappa shape index (κ3) is 1.10. The maximum Gasteiger partial charge on any atom is 0.0737 e. The molecule has 12 heavy (non-hydrogen) atoms. The molecule has 0 saturated carbocycles. The van der Waals surface area contributed by atoms with Gasteiger partial charge >= 0.3 is 0 Å². The van der Waals surface area contributed by atoms with Gasteiger partial charge < -0.3 is 5.73 Å².